The van der Waals surface area contributed by atoms with Crippen molar-refractivity contribution < 1.29 is 0 Å². The lowest BCUT2D eigenvalue weighted by Crippen LogP contribution is -2.42. The monoisotopic (exact) mass is 231 g/mol. The molecular weight excluding hydrogens is 218 g/mol. The SMILES string of the molecule is C=C(Br)CNC1=NCCCN1C. The lowest BCUT2D eigenvalue weighted by atomic mass is 10.3. The van der Waals surface area contributed by atoms with E-state index in [-0.39, 0.29) is 0 Å². The highest BCUT2D eigenvalue weighted by atomic mass is 79.9. The quantitative estimate of drug-likeness (QED) is 0.774. The van der Waals surface area contributed by atoms with Crippen LogP contribution in [0.15, 0.2) is 16.1 Å². The summed E-state index contributed by atoms with van der Waals surface area (Å²) in [7, 11) is 2.04. The van der Waals surface area contributed by atoms with Gasteiger partial charge in [0.05, 0.1) is 0 Å². The Morgan fingerprint density at radius 3 is 3.17 bits per heavy atom. The first-order valence-electron chi connectivity index (χ1n) is 4.03. The molecule has 0 spiro atoms. The van der Waals surface area contributed by atoms with Gasteiger partial charge in [-0.25, -0.2) is 0 Å². The average Bonchev–Trinajstić information content (AvgIpc) is 2.03. The van der Waals surface area contributed by atoms with E-state index in [1.807, 2.05) is 7.05 Å². The summed E-state index contributed by atoms with van der Waals surface area (Å²) in [5, 5.41) is 3.20. The van der Waals surface area contributed by atoms with E-state index in [1.54, 1.807) is 0 Å². The van der Waals surface area contributed by atoms with Crippen LogP contribution in [0.4, 0.5) is 0 Å². The van der Waals surface area contributed by atoms with Crippen molar-refractivity contribution in [3.63, 3.8) is 0 Å². The second-order valence-electron chi connectivity index (χ2n) is 2.85. The highest BCUT2D eigenvalue weighted by molar-refractivity contribution is 9.11. The topological polar surface area (TPSA) is 27.6 Å². The van der Waals surface area contributed by atoms with Crippen LogP contribution in [0.5, 0.6) is 0 Å². The average molecular weight is 232 g/mol. The van der Waals surface area contributed by atoms with Crippen LogP contribution < -0.4 is 5.32 Å². The Morgan fingerprint density at radius 1 is 1.83 bits per heavy atom. The van der Waals surface area contributed by atoms with E-state index in [0.29, 0.717) is 0 Å². The maximum absolute atomic E-state index is 4.35. The molecule has 0 saturated heterocycles. The van der Waals surface area contributed by atoms with Crippen molar-refractivity contribution in [1.29, 1.82) is 0 Å². The van der Waals surface area contributed by atoms with Gasteiger partial charge < -0.3 is 10.2 Å². The summed E-state index contributed by atoms with van der Waals surface area (Å²) in [5.41, 5.74) is 0. The highest BCUT2D eigenvalue weighted by Crippen LogP contribution is 2.00. The number of hydrogen-bond acceptors (Lipinski definition) is 3. The van der Waals surface area contributed by atoms with Crippen LogP contribution in [-0.4, -0.2) is 37.5 Å². The zero-order chi connectivity index (χ0) is 8.97. The van der Waals surface area contributed by atoms with Gasteiger partial charge in [-0.15, -0.1) is 0 Å². The van der Waals surface area contributed by atoms with Crippen LogP contribution in [-0.2, 0) is 0 Å². The van der Waals surface area contributed by atoms with Crippen LogP contribution in [0.3, 0.4) is 0 Å². The predicted octanol–water partition coefficient (Wildman–Crippen LogP) is 1.18. The smallest absolute Gasteiger partial charge is 0.193 e. The summed E-state index contributed by atoms with van der Waals surface area (Å²) in [5.74, 6) is 0.974. The third-order valence-electron chi connectivity index (χ3n) is 1.71. The summed E-state index contributed by atoms with van der Waals surface area (Å²) in [6.45, 7) is 6.50. The molecule has 0 radical (unpaired) electrons. The van der Waals surface area contributed by atoms with Crippen molar-refractivity contribution in [1.82, 2.24) is 10.2 Å². The Labute approximate surface area is 81.7 Å². The van der Waals surface area contributed by atoms with Crippen LogP contribution >= 0.6 is 15.9 Å². The molecule has 1 rings (SSSR count). The van der Waals surface area contributed by atoms with Gasteiger partial charge in [0.15, 0.2) is 5.96 Å². The summed E-state index contributed by atoms with van der Waals surface area (Å²) >= 11 is 3.29. The third-order valence-corrected chi connectivity index (χ3v) is 1.99. The van der Waals surface area contributed by atoms with Crippen molar-refractivity contribution in [3.8, 4) is 0 Å². The summed E-state index contributed by atoms with van der Waals surface area (Å²) in [4.78, 5) is 6.48. The van der Waals surface area contributed by atoms with Crippen LogP contribution in [0.2, 0.25) is 0 Å². The predicted molar refractivity (Wildman–Crippen MR) is 55.6 cm³/mol. The number of halogens is 1. The van der Waals surface area contributed by atoms with Gasteiger partial charge >= 0.3 is 0 Å². The van der Waals surface area contributed by atoms with E-state index in [2.05, 4.69) is 37.7 Å². The molecule has 12 heavy (non-hydrogen) atoms. The molecule has 0 amide bonds. The Hall–Kier alpha value is -0.510. The molecule has 1 heterocycles. The molecule has 0 bridgehead atoms. The van der Waals surface area contributed by atoms with Crippen molar-refractivity contribution in [2.45, 2.75) is 6.42 Å². The minimum Gasteiger partial charge on any atom is -0.352 e. The molecule has 0 aromatic carbocycles. The first-order valence-corrected chi connectivity index (χ1v) is 4.82. The Kier molecular flexibility index (Phi) is 3.59. The van der Waals surface area contributed by atoms with E-state index in [0.717, 1.165) is 36.5 Å². The van der Waals surface area contributed by atoms with Gasteiger partial charge in [0, 0.05) is 31.2 Å². The normalized spacial score (nSPS) is 17.2. The number of aliphatic imine (C=N–C) groups is 1. The first kappa shape index (κ1) is 9.58. The zero-order valence-corrected chi connectivity index (χ0v) is 8.89. The minimum atomic E-state index is 0.739. The van der Waals surface area contributed by atoms with E-state index in [9.17, 15) is 0 Å². The fourth-order valence-corrected chi connectivity index (χ4v) is 1.23. The van der Waals surface area contributed by atoms with E-state index in [4.69, 9.17) is 0 Å². The molecule has 1 aliphatic rings. The standard InChI is InChI=1S/C8H14BrN3/c1-7(9)6-11-8-10-4-3-5-12(8)2/h1,3-6H2,2H3,(H,10,11). The molecule has 68 valence electrons. The van der Waals surface area contributed by atoms with Crippen LogP contribution in [0.25, 0.3) is 0 Å². The molecular formula is C8H14BrN3. The number of guanidine groups is 1. The van der Waals surface area contributed by atoms with Crippen LogP contribution in [0, 0.1) is 0 Å². The number of rotatable bonds is 2. The summed E-state index contributed by atoms with van der Waals surface area (Å²) < 4.78 is 0.948. The van der Waals surface area contributed by atoms with Gasteiger partial charge in [-0.1, -0.05) is 22.5 Å². The molecule has 4 heteroatoms. The van der Waals surface area contributed by atoms with Gasteiger partial charge in [-0.05, 0) is 6.42 Å². The van der Waals surface area contributed by atoms with Gasteiger partial charge in [-0.2, -0.15) is 0 Å². The maximum Gasteiger partial charge on any atom is 0.193 e. The second-order valence-corrected chi connectivity index (χ2v) is 3.97. The molecule has 0 aromatic heterocycles. The van der Waals surface area contributed by atoms with Crippen molar-refractivity contribution in [3.05, 3.63) is 11.1 Å². The number of nitrogens with one attached hydrogen (secondary N) is 1. The zero-order valence-electron chi connectivity index (χ0n) is 7.31. The van der Waals surface area contributed by atoms with Crippen molar-refractivity contribution in [2.75, 3.05) is 26.7 Å². The number of hydrogen-bond donors (Lipinski definition) is 1. The van der Waals surface area contributed by atoms with E-state index < -0.39 is 0 Å². The first-order chi connectivity index (χ1) is 5.70. The summed E-state index contributed by atoms with van der Waals surface area (Å²) in [6.07, 6.45) is 1.15. The van der Waals surface area contributed by atoms with Crippen LogP contribution in [0.1, 0.15) is 6.42 Å². The molecule has 0 aliphatic carbocycles. The van der Waals surface area contributed by atoms with Crippen molar-refractivity contribution in [2.24, 2.45) is 4.99 Å². The molecule has 0 atom stereocenters. The fourth-order valence-electron chi connectivity index (χ4n) is 1.09. The maximum atomic E-state index is 4.35. The Morgan fingerprint density at radius 2 is 2.58 bits per heavy atom. The van der Waals surface area contributed by atoms with Gasteiger partial charge in [0.1, 0.15) is 0 Å². The lowest BCUT2D eigenvalue weighted by Gasteiger charge is -2.25. The Bertz CT molecular complexity index is 200. The lowest BCUT2D eigenvalue weighted by molar-refractivity contribution is 0.449. The molecule has 1 aliphatic heterocycles. The highest BCUT2D eigenvalue weighted by Gasteiger charge is 2.09. The number of nitrogens with zero attached hydrogens (tertiary/aromatic N) is 2. The molecule has 0 unspecified atom stereocenters. The van der Waals surface area contributed by atoms with Crippen molar-refractivity contribution >= 4 is 21.9 Å². The fraction of sp³-hybridized carbons (Fsp3) is 0.625. The third kappa shape index (κ3) is 2.85. The molecule has 1 N–H and O–H groups in total. The molecule has 0 fully saturated rings. The molecule has 0 saturated carbocycles. The largest absolute Gasteiger partial charge is 0.352 e. The second kappa shape index (κ2) is 4.50. The molecule has 3 nitrogen and oxygen atoms in total. The van der Waals surface area contributed by atoms with Gasteiger partial charge in [0.2, 0.25) is 0 Å². The minimum absolute atomic E-state index is 0.739. The Balaban J connectivity index is 2.39. The van der Waals surface area contributed by atoms with Gasteiger partial charge in [0.25, 0.3) is 0 Å². The summed E-state index contributed by atoms with van der Waals surface area (Å²) in [6, 6.07) is 0. The van der Waals surface area contributed by atoms with E-state index in [1.165, 1.54) is 0 Å². The van der Waals surface area contributed by atoms with E-state index >= 15 is 0 Å². The van der Waals surface area contributed by atoms with Gasteiger partial charge in [-0.3, -0.25) is 4.99 Å². The molecule has 0 aromatic rings.